The molecule has 2 aromatic carbocycles. The van der Waals surface area contributed by atoms with Crippen molar-refractivity contribution in [3.8, 4) is 17.6 Å². The van der Waals surface area contributed by atoms with E-state index >= 15 is 0 Å². The highest BCUT2D eigenvalue weighted by Crippen LogP contribution is 2.37. The minimum Gasteiger partial charge on any atom is -0.454 e. The molecular formula is C24H21N7O2. The van der Waals surface area contributed by atoms with Crippen molar-refractivity contribution in [2.75, 3.05) is 31.1 Å². The Morgan fingerprint density at radius 3 is 2.79 bits per heavy atom. The third kappa shape index (κ3) is 3.61. The number of nitrogens with one attached hydrogen (secondary N) is 1. The average molecular weight is 439 g/mol. The zero-order valence-corrected chi connectivity index (χ0v) is 18.1. The van der Waals surface area contributed by atoms with E-state index < -0.39 is 0 Å². The fourth-order valence-electron chi connectivity index (χ4n) is 4.13. The standard InChI is InChI=1S/C24H21N7O2/c1-3-21(32)30-6-8-31(9-7-30)24-17-10-16(12-25)11-20(22(17)26-14-27-24)33-23-15(2)4-5-19-18(23)13-28-29-19/h3-5,10-11,13-14H,1,6-9H2,2H3,(H,28,29). The summed E-state index contributed by atoms with van der Waals surface area (Å²) < 4.78 is 6.36. The fraction of sp³-hybridized carbons (Fsp3) is 0.208. The summed E-state index contributed by atoms with van der Waals surface area (Å²) in [4.78, 5) is 24.8. The summed E-state index contributed by atoms with van der Waals surface area (Å²) in [5, 5.41) is 18.3. The van der Waals surface area contributed by atoms with Gasteiger partial charge in [-0.1, -0.05) is 12.6 Å². The number of ether oxygens (including phenoxy) is 1. The summed E-state index contributed by atoms with van der Waals surface area (Å²) >= 11 is 0. The van der Waals surface area contributed by atoms with Crippen molar-refractivity contribution < 1.29 is 9.53 Å². The Bertz CT molecular complexity index is 1430. The minimum atomic E-state index is -0.0755. The molecule has 0 saturated carbocycles. The number of rotatable bonds is 4. The predicted molar refractivity (Wildman–Crippen MR) is 124 cm³/mol. The summed E-state index contributed by atoms with van der Waals surface area (Å²) in [5.41, 5.74) is 2.87. The van der Waals surface area contributed by atoms with Gasteiger partial charge in [0.15, 0.2) is 5.75 Å². The molecule has 4 aromatic rings. The number of carbonyl (C=O) groups is 1. The number of amides is 1. The van der Waals surface area contributed by atoms with Gasteiger partial charge in [-0.3, -0.25) is 9.89 Å². The van der Waals surface area contributed by atoms with Gasteiger partial charge >= 0.3 is 0 Å². The highest BCUT2D eigenvalue weighted by atomic mass is 16.5. The largest absolute Gasteiger partial charge is 0.454 e. The van der Waals surface area contributed by atoms with E-state index in [0.717, 1.165) is 21.9 Å². The van der Waals surface area contributed by atoms with Crippen LogP contribution in [-0.4, -0.2) is 57.2 Å². The molecule has 0 atom stereocenters. The van der Waals surface area contributed by atoms with E-state index in [9.17, 15) is 10.1 Å². The van der Waals surface area contributed by atoms with E-state index in [1.54, 1.807) is 23.2 Å². The van der Waals surface area contributed by atoms with Crippen molar-refractivity contribution in [3.63, 3.8) is 0 Å². The molecule has 1 saturated heterocycles. The molecule has 1 aliphatic rings. The zero-order chi connectivity index (χ0) is 22.9. The molecule has 0 spiro atoms. The van der Waals surface area contributed by atoms with E-state index in [1.807, 2.05) is 19.1 Å². The van der Waals surface area contributed by atoms with Crippen molar-refractivity contribution in [1.29, 1.82) is 5.26 Å². The fourth-order valence-corrected chi connectivity index (χ4v) is 4.13. The second-order valence-corrected chi connectivity index (χ2v) is 7.84. The number of nitrogens with zero attached hydrogens (tertiary/aromatic N) is 6. The number of carbonyl (C=O) groups excluding carboxylic acids is 1. The third-order valence-corrected chi connectivity index (χ3v) is 5.86. The highest BCUT2D eigenvalue weighted by molar-refractivity contribution is 5.95. The molecule has 5 rings (SSSR count). The van der Waals surface area contributed by atoms with Gasteiger partial charge in [-0.15, -0.1) is 0 Å². The third-order valence-electron chi connectivity index (χ3n) is 5.86. The first kappa shape index (κ1) is 20.5. The van der Waals surface area contributed by atoms with Crippen molar-refractivity contribution in [2.24, 2.45) is 0 Å². The van der Waals surface area contributed by atoms with Crippen LogP contribution in [0.5, 0.6) is 11.5 Å². The van der Waals surface area contributed by atoms with Gasteiger partial charge in [0, 0.05) is 37.6 Å². The van der Waals surface area contributed by atoms with Crippen LogP contribution in [0.2, 0.25) is 0 Å². The molecule has 9 nitrogen and oxygen atoms in total. The molecule has 1 aliphatic heterocycles. The topological polar surface area (TPSA) is 111 Å². The number of H-pyrrole nitrogens is 1. The van der Waals surface area contributed by atoms with Crippen molar-refractivity contribution in [2.45, 2.75) is 6.92 Å². The molecule has 0 bridgehead atoms. The van der Waals surface area contributed by atoms with Crippen molar-refractivity contribution >= 4 is 33.5 Å². The lowest BCUT2D eigenvalue weighted by Crippen LogP contribution is -2.48. The zero-order valence-electron chi connectivity index (χ0n) is 18.1. The Balaban J connectivity index is 1.57. The smallest absolute Gasteiger partial charge is 0.246 e. The van der Waals surface area contributed by atoms with Gasteiger partial charge in [-0.05, 0) is 30.7 Å². The Kier molecular flexibility index (Phi) is 5.11. The quantitative estimate of drug-likeness (QED) is 0.486. The number of aromatic amines is 1. The van der Waals surface area contributed by atoms with Gasteiger partial charge in [0.1, 0.15) is 23.4 Å². The molecule has 3 heterocycles. The number of hydrogen-bond acceptors (Lipinski definition) is 7. The number of fused-ring (bicyclic) bond motifs is 2. The minimum absolute atomic E-state index is 0.0755. The van der Waals surface area contributed by atoms with Gasteiger partial charge in [-0.25, -0.2) is 9.97 Å². The molecule has 2 aromatic heterocycles. The lowest BCUT2D eigenvalue weighted by molar-refractivity contribution is -0.126. The molecule has 9 heteroatoms. The lowest BCUT2D eigenvalue weighted by atomic mass is 10.1. The lowest BCUT2D eigenvalue weighted by Gasteiger charge is -2.35. The van der Waals surface area contributed by atoms with Crippen LogP contribution >= 0.6 is 0 Å². The highest BCUT2D eigenvalue weighted by Gasteiger charge is 2.23. The van der Waals surface area contributed by atoms with Gasteiger partial charge in [-0.2, -0.15) is 10.4 Å². The Morgan fingerprint density at radius 2 is 2.03 bits per heavy atom. The van der Waals surface area contributed by atoms with Crippen LogP contribution in [0.15, 0.2) is 49.4 Å². The van der Waals surface area contributed by atoms with E-state index in [2.05, 4.69) is 37.7 Å². The molecule has 164 valence electrons. The van der Waals surface area contributed by atoms with Gasteiger partial charge in [0.2, 0.25) is 5.91 Å². The first-order chi connectivity index (χ1) is 16.1. The van der Waals surface area contributed by atoms with E-state index in [4.69, 9.17) is 4.74 Å². The Hall–Kier alpha value is -4.45. The monoisotopic (exact) mass is 439 g/mol. The molecule has 0 unspecified atom stereocenters. The molecule has 0 aliphatic carbocycles. The summed E-state index contributed by atoms with van der Waals surface area (Å²) in [6, 6.07) is 9.59. The maximum absolute atomic E-state index is 11.9. The number of hydrogen-bond donors (Lipinski definition) is 1. The van der Waals surface area contributed by atoms with Crippen molar-refractivity contribution in [1.82, 2.24) is 25.1 Å². The average Bonchev–Trinajstić information content (AvgIpc) is 3.34. The maximum atomic E-state index is 11.9. The number of aromatic nitrogens is 4. The van der Waals surface area contributed by atoms with Crippen LogP contribution in [0, 0.1) is 18.3 Å². The van der Waals surface area contributed by atoms with E-state index in [0.29, 0.717) is 54.6 Å². The van der Waals surface area contributed by atoms with Crippen LogP contribution in [0.25, 0.3) is 21.8 Å². The number of anilines is 1. The SMILES string of the molecule is C=CC(=O)N1CCN(c2ncnc3c(Oc4c(C)ccc5[nH]ncc45)cc(C#N)cc23)CC1. The van der Waals surface area contributed by atoms with Crippen LogP contribution in [0.3, 0.4) is 0 Å². The number of nitriles is 1. The molecule has 33 heavy (non-hydrogen) atoms. The number of aryl methyl sites for hydroxylation is 1. The second-order valence-electron chi connectivity index (χ2n) is 7.84. The molecule has 1 N–H and O–H groups in total. The van der Waals surface area contributed by atoms with Crippen LogP contribution in [0.1, 0.15) is 11.1 Å². The first-order valence-corrected chi connectivity index (χ1v) is 10.5. The molecule has 1 amide bonds. The van der Waals surface area contributed by atoms with E-state index in [1.165, 1.54) is 12.4 Å². The molecule has 1 fully saturated rings. The molecule has 0 radical (unpaired) electrons. The summed E-state index contributed by atoms with van der Waals surface area (Å²) in [7, 11) is 0. The number of benzene rings is 2. The summed E-state index contributed by atoms with van der Waals surface area (Å²) in [5.74, 6) is 1.78. The first-order valence-electron chi connectivity index (χ1n) is 10.5. The van der Waals surface area contributed by atoms with Gasteiger partial charge < -0.3 is 14.5 Å². The Morgan fingerprint density at radius 1 is 1.21 bits per heavy atom. The van der Waals surface area contributed by atoms with Gasteiger partial charge in [0.05, 0.1) is 28.7 Å². The van der Waals surface area contributed by atoms with Crippen LogP contribution < -0.4 is 9.64 Å². The van der Waals surface area contributed by atoms with Crippen molar-refractivity contribution in [3.05, 3.63) is 60.6 Å². The maximum Gasteiger partial charge on any atom is 0.246 e. The van der Waals surface area contributed by atoms with Crippen LogP contribution in [-0.2, 0) is 4.79 Å². The Labute approximate surface area is 189 Å². The second kappa shape index (κ2) is 8.24. The van der Waals surface area contributed by atoms with Gasteiger partial charge in [0.25, 0.3) is 0 Å². The van der Waals surface area contributed by atoms with E-state index in [-0.39, 0.29) is 5.91 Å². The van der Waals surface area contributed by atoms with Crippen LogP contribution in [0.4, 0.5) is 5.82 Å². The normalized spacial score (nSPS) is 13.8. The summed E-state index contributed by atoms with van der Waals surface area (Å²) in [6.07, 6.45) is 4.56. The summed E-state index contributed by atoms with van der Waals surface area (Å²) in [6.45, 7) is 7.90. The molecular weight excluding hydrogens is 418 g/mol. The predicted octanol–water partition coefficient (Wildman–Crippen LogP) is 3.31. The number of piperazine rings is 1.